The van der Waals surface area contributed by atoms with E-state index in [1.54, 1.807) is 7.11 Å². The number of aromatic nitrogens is 2. The third kappa shape index (κ3) is 5.26. The van der Waals surface area contributed by atoms with Crippen LogP contribution in [0, 0.1) is 5.92 Å². The van der Waals surface area contributed by atoms with Gasteiger partial charge in [-0.3, -0.25) is 10.1 Å². The Balaban J connectivity index is 1.56. The summed E-state index contributed by atoms with van der Waals surface area (Å²) < 4.78 is 7.23. The average molecular weight is 405 g/mol. The van der Waals surface area contributed by atoms with Gasteiger partial charge in [-0.15, -0.1) is 0 Å². The molecule has 0 unspecified atom stereocenters. The highest BCUT2D eigenvalue weighted by atomic mass is 32.2. The molecule has 3 amide bonds. The summed E-state index contributed by atoms with van der Waals surface area (Å²) in [7, 11) is 1.66. The second-order valence-corrected chi connectivity index (χ2v) is 8.15. The smallest absolute Gasteiger partial charge is 0.321 e. The molecular formula is C20H28N4O3S. The molecule has 1 aromatic heterocycles. The minimum Gasteiger partial charge on any atom is -0.383 e. The lowest BCUT2D eigenvalue weighted by Crippen LogP contribution is -2.48. The number of amides is 3. The lowest BCUT2D eigenvalue weighted by atomic mass is 9.86. The van der Waals surface area contributed by atoms with Crippen LogP contribution in [0.2, 0.25) is 0 Å². The maximum atomic E-state index is 12.2. The fourth-order valence-electron chi connectivity index (χ4n) is 3.59. The number of rotatable bonds is 7. The first-order valence-electron chi connectivity index (χ1n) is 9.76. The van der Waals surface area contributed by atoms with E-state index in [4.69, 9.17) is 4.74 Å². The van der Waals surface area contributed by atoms with Gasteiger partial charge in [-0.2, -0.15) is 0 Å². The Morgan fingerprint density at radius 1 is 1.29 bits per heavy atom. The predicted octanol–water partition coefficient (Wildman–Crippen LogP) is 3.18. The Morgan fingerprint density at radius 3 is 2.86 bits per heavy atom. The van der Waals surface area contributed by atoms with E-state index in [-0.39, 0.29) is 17.7 Å². The summed E-state index contributed by atoms with van der Waals surface area (Å²) in [5.41, 5.74) is 1.89. The lowest BCUT2D eigenvalue weighted by molar-refractivity contribution is -0.117. The highest BCUT2D eigenvalue weighted by molar-refractivity contribution is 7.99. The quantitative estimate of drug-likeness (QED) is 0.693. The largest absolute Gasteiger partial charge is 0.383 e. The average Bonchev–Trinajstić information content (AvgIpc) is 3.04. The predicted molar refractivity (Wildman–Crippen MR) is 110 cm³/mol. The number of fused-ring (bicyclic) bond motifs is 1. The third-order valence-electron chi connectivity index (χ3n) is 5.15. The van der Waals surface area contributed by atoms with Crippen molar-refractivity contribution in [2.45, 2.75) is 50.4 Å². The van der Waals surface area contributed by atoms with Gasteiger partial charge in [-0.05, 0) is 30.9 Å². The Hall–Kier alpha value is -2.06. The summed E-state index contributed by atoms with van der Waals surface area (Å²) in [6.07, 6.45) is 4.42. The van der Waals surface area contributed by atoms with Crippen molar-refractivity contribution in [3.05, 3.63) is 24.3 Å². The number of carbonyl (C=O) groups excluding carboxylic acids is 2. The second-order valence-electron chi connectivity index (χ2n) is 7.21. The lowest BCUT2D eigenvalue weighted by Gasteiger charge is -2.29. The van der Waals surface area contributed by atoms with Gasteiger partial charge in [0.15, 0.2) is 5.16 Å². The summed E-state index contributed by atoms with van der Waals surface area (Å²) in [5, 5.41) is 6.13. The molecule has 0 saturated heterocycles. The number of nitrogens with zero attached hydrogens (tertiary/aromatic N) is 2. The van der Waals surface area contributed by atoms with E-state index in [1.807, 2.05) is 28.8 Å². The van der Waals surface area contributed by atoms with Gasteiger partial charge in [-0.25, -0.2) is 9.78 Å². The van der Waals surface area contributed by atoms with E-state index in [0.29, 0.717) is 19.1 Å². The van der Waals surface area contributed by atoms with Crippen LogP contribution in [0.25, 0.3) is 11.0 Å². The molecular weight excluding hydrogens is 376 g/mol. The molecule has 7 nitrogen and oxygen atoms in total. The van der Waals surface area contributed by atoms with Crippen LogP contribution in [0.4, 0.5) is 4.79 Å². The zero-order valence-electron chi connectivity index (χ0n) is 16.4. The number of ether oxygens (including phenoxy) is 1. The van der Waals surface area contributed by atoms with Crippen LogP contribution in [-0.4, -0.2) is 47.0 Å². The summed E-state index contributed by atoms with van der Waals surface area (Å²) in [5.74, 6) is 0.255. The molecule has 1 saturated carbocycles. The maximum Gasteiger partial charge on any atom is 0.321 e. The number of nitrogens with one attached hydrogen (secondary N) is 2. The molecule has 1 aliphatic carbocycles. The first kappa shape index (κ1) is 20.7. The minimum absolute atomic E-state index is 0.129. The number of para-hydroxylation sites is 2. The van der Waals surface area contributed by atoms with Crippen molar-refractivity contribution in [1.29, 1.82) is 0 Å². The molecule has 8 heteroatoms. The van der Waals surface area contributed by atoms with E-state index >= 15 is 0 Å². The minimum atomic E-state index is -0.405. The number of imidazole rings is 1. The zero-order valence-corrected chi connectivity index (χ0v) is 17.3. The fraction of sp³-hybridized carbons (Fsp3) is 0.550. The number of hydrogen-bond acceptors (Lipinski definition) is 5. The van der Waals surface area contributed by atoms with E-state index in [2.05, 4.69) is 22.5 Å². The van der Waals surface area contributed by atoms with Crippen LogP contribution < -0.4 is 10.6 Å². The van der Waals surface area contributed by atoms with Crippen molar-refractivity contribution in [2.75, 3.05) is 19.5 Å². The first-order valence-corrected chi connectivity index (χ1v) is 10.7. The Morgan fingerprint density at radius 2 is 2.07 bits per heavy atom. The summed E-state index contributed by atoms with van der Waals surface area (Å²) in [6.45, 7) is 3.36. The molecule has 1 heterocycles. The molecule has 0 radical (unpaired) electrons. The monoisotopic (exact) mass is 404 g/mol. The normalized spacial score (nSPS) is 19.5. The van der Waals surface area contributed by atoms with Crippen molar-refractivity contribution in [1.82, 2.24) is 20.2 Å². The summed E-state index contributed by atoms with van der Waals surface area (Å²) in [6, 6.07) is 7.59. The van der Waals surface area contributed by atoms with Crippen LogP contribution in [0.15, 0.2) is 29.4 Å². The van der Waals surface area contributed by atoms with Gasteiger partial charge >= 0.3 is 6.03 Å². The van der Waals surface area contributed by atoms with Crippen LogP contribution in [0.5, 0.6) is 0 Å². The third-order valence-corrected chi connectivity index (χ3v) is 6.13. The molecule has 0 aliphatic heterocycles. The molecule has 1 aromatic carbocycles. The molecule has 152 valence electrons. The van der Waals surface area contributed by atoms with E-state index in [1.165, 1.54) is 18.2 Å². The summed E-state index contributed by atoms with van der Waals surface area (Å²) in [4.78, 5) is 29.0. The molecule has 2 atom stereocenters. The maximum absolute atomic E-state index is 12.2. The van der Waals surface area contributed by atoms with Gasteiger partial charge in [0, 0.05) is 19.7 Å². The Bertz CT molecular complexity index is 823. The van der Waals surface area contributed by atoms with Gasteiger partial charge in [0.05, 0.1) is 23.4 Å². The van der Waals surface area contributed by atoms with Gasteiger partial charge < -0.3 is 14.6 Å². The van der Waals surface area contributed by atoms with Gasteiger partial charge in [0.2, 0.25) is 5.91 Å². The van der Waals surface area contributed by atoms with Gasteiger partial charge in [0.1, 0.15) is 0 Å². The molecule has 28 heavy (non-hydrogen) atoms. The van der Waals surface area contributed by atoms with Crippen LogP contribution >= 0.6 is 11.8 Å². The molecule has 0 bridgehead atoms. The number of urea groups is 1. The number of benzene rings is 1. The molecule has 0 spiro atoms. The molecule has 1 fully saturated rings. The topological polar surface area (TPSA) is 85.2 Å². The Kier molecular flexibility index (Phi) is 7.33. The van der Waals surface area contributed by atoms with Gasteiger partial charge in [-0.1, -0.05) is 43.7 Å². The van der Waals surface area contributed by atoms with E-state index in [9.17, 15) is 9.59 Å². The van der Waals surface area contributed by atoms with Crippen molar-refractivity contribution in [3.8, 4) is 0 Å². The fourth-order valence-corrected chi connectivity index (χ4v) is 4.43. The van der Waals surface area contributed by atoms with E-state index in [0.717, 1.165) is 35.5 Å². The van der Waals surface area contributed by atoms with Crippen LogP contribution in [0.3, 0.4) is 0 Å². The van der Waals surface area contributed by atoms with Crippen molar-refractivity contribution >= 4 is 34.7 Å². The SMILES string of the molecule is COCCn1c(SCC(=O)NC(=O)N[C@@H]2CCCC[C@@H]2C)nc2ccccc21. The van der Waals surface area contributed by atoms with Gasteiger partial charge in [0.25, 0.3) is 0 Å². The number of hydrogen-bond donors (Lipinski definition) is 2. The number of thioether (sulfide) groups is 1. The highest BCUT2D eigenvalue weighted by Gasteiger charge is 2.23. The van der Waals surface area contributed by atoms with Crippen molar-refractivity contribution in [2.24, 2.45) is 5.92 Å². The number of imide groups is 1. The molecule has 3 rings (SSSR count). The molecule has 2 aromatic rings. The van der Waals surface area contributed by atoms with Crippen LogP contribution in [0.1, 0.15) is 32.6 Å². The van der Waals surface area contributed by atoms with Crippen molar-refractivity contribution in [3.63, 3.8) is 0 Å². The zero-order chi connectivity index (χ0) is 19.9. The second kappa shape index (κ2) is 9.93. The number of methoxy groups -OCH3 is 1. The molecule has 2 N–H and O–H groups in total. The highest BCUT2D eigenvalue weighted by Crippen LogP contribution is 2.25. The summed E-state index contributed by atoms with van der Waals surface area (Å²) >= 11 is 1.32. The molecule has 1 aliphatic rings. The van der Waals surface area contributed by atoms with Crippen molar-refractivity contribution < 1.29 is 14.3 Å². The van der Waals surface area contributed by atoms with E-state index < -0.39 is 6.03 Å². The number of carbonyl (C=O) groups is 2. The Labute approximate surface area is 169 Å². The standard InChI is InChI=1S/C20H28N4O3S/c1-14-7-3-4-8-15(14)21-19(26)23-18(25)13-28-20-22-16-9-5-6-10-17(16)24(20)11-12-27-2/h5-6,9-10,14-15H,3-4,7-8,11-13H2,1-2H3,(H2,21,23,25,26)/t14-,15+/m0/s1. The first-order chi connectivity index (χ1) is 13.6. The van der Waals surface area contributed by atoms with Crippen LogP contribution in [-0.2, 0) is 16.1 Å².